The predicted octanol–water partition coefficient (Wildman–Crippen LogP) is 5.15. The molecule has 0 radical (unpaired) electrons. The zero-order valence-electron chi connectivity index (χ0n) is 12.8. The van der Waals surface area contributed by atoms with Gasteiger partial charge in [0.15, 0.2) is 0 Å². The second-order valence-electron chi connectivity index (χ2n) is 6.44. The van der Waals surface area contributed by atoms with Crippen molar-refractivity contribution in [1.29, 1.82) is 0 Å². The Morgan fingerprint density at radius 1 is 0.889 bits per heavy atom. The van der Waals surface area contributed by atoms with Gasteiger partial charge in [-0.1, -0.05) is 65.2 Å². The van der Waals surface area contributed by atoms with Gasteiger partial charge < -0.3 is 5.32 Å². The van der Waals surface area contributed by atoms with Gasteiger partial charge in [0, 0.05) is 0 Å². The fourth-order valence-corrected chi connectivity index (χ4v) is 3.25. The van der Waals surface area contributed by atoms with Crippen molar-refractivity contribution in [2.24, 2.45) is 11.8 Å². The Morgan fingerprint density at radius 2 is 1.61 bits per heavy atom. The zero-order chi connectivity index (χ0) is 13.1. The standard InChI is InChI=1S/C17H35N/c1-3-4-5-8-13-18-14-9-6-7-10-17-12-11-16(2)15-17/h16-18H,3-15H2,1-2H3. The highest BCUT2D eigenvalue weighted by Crippen LogP contribution is 2.33. The molecule has 1 aliphatic rings. The third kappa shape index (κ3) is 8.13. The number of rotatable bonds is 11. The van der Waals surface area contributed by atoms with Crippen molar-refractivity contribution in [3.63, 3.8) is 0 Å². The molecular formula is C17H35N. The monoisotopic (exact) mass is 253 g/mol. The van der Waals surface area contributed by atoms with Crippen LogP contribution < -0.4 is 5.32 Å². The molecule has 0 aromatic heterocycles. The van der Waals surface area contributed by atoms with Crippen molar-refractivity contribution in [2.75, 3.05) is 13.1 Å². The van der Waals surface area contributed by atoms with E-state index in [1.165, 1.54) is 83.7 Å². The van der Waals surface area contributed by atoms with Crippen LogP contribution in [0.5, 0.6) is 0 Å². The molecular weight excluding hydrogens is 218 g/mol. The average molecular weight is 253 g/mol. The van der Waals surface area contributed by atoms with Crippen LogP contribution in [0, 0.1) is 11.8 Å². The molecule has 1 rings (SSSR count). The molecule has 1 aliphatic carbocycles. The molecule has 2 unspecified atom stereocenters. The van der Waals surface area contributed by atoms with Gasteiger partial charge >= 0.3 is 0 Å². The van der Waals surface area contributed by atoms with Crippen molar-refractivity contribution >= 4 is 0 Å². The average Bonchev–Trinajstić information content (AvgIpc) is 2.77. The van der Waals surface area contributed by atoms with Gasteiger partial charge in [-0.15, -0.1) is 0 Å². The molecule has 0 aromatic carbocycles. The summed E-state index contributed by atoms with van der Waals surface area (Å²) in [6.45, 7) is 7.17. The smallest absolute Gasteiger partial charge is 0.00489 e. The predicted molar refractivity (Wildman–Crippen MR) is 82.0 cm³/mol. The van der Waals surface area contributed by atoms with E-state index in [-0.39, 0.29) is 0 Å². The maximum Gasteiger partial charge on any atom is -0.00489 e. The number of hydrogen-bond donors (Lipinski definition) is 1. The maximum atomic E-state index is 3.58. The van der Waals surface area contributed by atoms with Crippen LogP contribution >= 0.6 is 0 Å². The molecule has 0 saturated heterocycles. The molecule has 18 heavy (non-hydrogen) atoms. The first kappa shape index (κ1) is 16.0. The molecule has 0 aromatic rings. The summed E-state index contributed by atoms with van der Waals surface area (Å²) in [5.74, 6) is 2.08. The van der Waals surface area contributed by atoms with Crippen molar-refractivity contribution in [3.05, 3.63) is 0 Å². The first-order valence-electron chi connectivity index (χ1n) is 8.53. The van der Waals surface area contributed by atoms with Gasteiger partial charge in [0.05, 0.1) is 0 Å². The molecule has 0 bridgehead atoms. The Balaban J connectivity index is 1.73. The van der Waals surface area contributed by atoms with Gasteiger partial charge in [-0.2, -0.15) is 0 Å². The molecule has 2 atom stereocenters. The van der Waals surface area contributed by atoms with Gasteiger partial charge in [-0.3, -0.25) is 0 Å². The highest BCUT2D eigenvalue weighted by molar-refractivity contribution is 4.72. The lowest BCUT2D eigenvalue weighted by atomic mass is 9.99. The highest BCUT2D eigenvalue weighted by Gasteiger charge is 2.20. The fraction of sp³-hybridized carbons (Fsp3) is 1.00. The largest absolute Gasteiger partial charge is 0.317 e. The van der Waals surface area contributed by atoms with E-state index in [0.717, 1.165) is 11.8 Å². The van der Waals surface area contributed by atoms with Gasteiger partial charge in [0.25, 0.3) is 0 Å². The van der Waals surface area contributed by atoms with E-state index in [2.05, 4.69) is 19.2 Å². The fourth-order valence-electron chi connectivity index (χ4n) is 3.25. The summed E-state index contributed by atoms with van der Waals surface area (Å²) >= 11 is 0. The summed E-state index contributed by atoms with van der Waals surface area (Å²) in [6.07, 6.45) is 15.8. The highest BCUT2D eigenvalue weighted by atomic mass is 14.8. The van der Waals surface area contributed by atoms with Gasteiger partial charge in [-0.05, 0) is 44.2 Å². The Hall–Kier alpha value is -0.0400. The minimum atomic E-state index is 1.01. The van der Waals surface area contributed by atoms with Crippen LogP contribution in [-0.4, -0.2) is 13.1 Å². The number of hydrogen-bond acceptors (Lipinski definition) is 1. The van der Waals surface area contributed by atoms with Crippen LogP contribution in [-0.2, 0) is 0 Å². The quantitative estimate of drug-likeness (QED) is 0.502. The van der Waals surface area contributed by atoms with Gasteiger partial charge in [-0.25, -0.2) is 0 Å². The minimum Gasteiger partial charge on any atom is -0.317 e. The molecule has 0 heterocycles. The van der Waals surface area contributed by atoms with Crippen molar-refractivity contribution in [2.45, 2.75) is 84.5 Å². The molecule has 1 nitrogen and oxygen atoms in total. The first-order chi connectivity index (χ1) is 8.83. The number of unbranched alkanes of at least 4 members (excludes halogenated alkanes) is 5. The van der Waals surface area contributed by atoms with Crippen molar-refractivity contribution in [1.82, 2.24) is 5.32 Å². The Bertz CT molecular complexity index is 178. The third-order valence-electron chi connectivity index (χ3n) is 4.48. The van der Waals surface area contributed by atoms with E-state index < -0.39 is 0 Å². The van der Waals surface area contributed by atoms with Crippen LogP contribution in [0.25, 0.3) is 0 Å². The topological polar surface area (TPSA) is 12.0 Å². The molecule has 1 heteroatoms. The van der Waals surface area contributed by atoms with Gasteiger partial charge in [0.2, 0.25) is 0 Å². The second-order valence-corrected chi connectivity index (χ2v) is 6.44. The molecule has 0 spiro atoms. The molecule has 0 amide bonds. The van der Waals surface area contributed by atoms with E-state index in [9.17, 15) is 0 Å². The Morgan fingerprint density at radius 3 is 2.22 bits per heavy atom. The second kappa shape index (κ2) is 10.8. The lowest BCUT2D eigenvalue weighted by molar-refractivity contribution is 0.448. The maximum absolute atomic E-state index is 3.58. The Kier molecular flexibility index (Phi) is 9.65. The summed E-state index contributed by atoms with van der Waals surface area (Å²) < 4.78 is 0. The lowest BCUT2D eigenvalue weighted by Gasteiger charge is -2.09. The SMILES string of the molecule is CCCCCCNCCCCCC1CCC(C)C1. The normalized spacial score (nSPS) is 23.7. The van der Waals surface area contributed by atoms with Crippen molar-refractivity contribution < 1.29 is 0 Å². The van der Waals surface area contributed by atoms with Crippen LogP contribution in [0.15, 0.2) is 0 Å². The van der Waals surface area contributed by atoms with E-state index in [4.69, 9.17) is 0 Å². The van der Waals surface area contributed by atoms with E-state index in [0.29, 0.717) is 0 Å². The summed E-state index contributed by atoms with van der Waals surface area (Å²) in [5.41, 5.74) is 0. The molecule has 1 saturated carbocycles. The van der Waals surface area contributed by atoms with Crippen LogP contribution in [0.1, 0.15) is 84.5 Å². The zero-order valence-corrected chi connectivity index (χ0v) is 12.8. The minimum absolute atomic E-state index is 1.01. The summed E-state index contributed by atoms with van der Waals surface area (Å²) in [4.78, 5) is 0. The molecule has 0 aliphatic heterocycles. The summed E-state index contributed by atoms with van der Waals surface area (Å²) in [5, 5.41) is 3.58. The summed E-state index contributed by atoms with van der Waals surface area (Å²) in [6, 6.07) is 0. The first-order valence-corrected chi connectivity index (χ1v) is 8.53. The van der Waals surface area contributed by atoms with E-state index in [1.807, 2.05) is 0 Å². The Labute approximate surface area is 115 Å². The van der Waals surface area contributed by atoms with E-state index >= 15 is 0 Å². The molecule has 1 fully saturated rings. The third-order valence-corrected chi connectivity index (χ3v) is 4.48. The van der Waals surface area contributed by atoms with Gasteiger partial charge in [0.1, 0.15) is 0 Å². The molecule has 108 valence electrons. The molecule has 1 N–H and O–H groups in total. The lowest BCUT2D eigenvalue weighted by Crippen LogP contribution is -2.16. The van der Waals surface area contributed by atoms with E-state index in [1.54, 1.807) is 0 Å². The summed E-state index contributed by atoms with van der Waals surface area (Å²) in [7, 11) is 0. The van der Waals surface area contributed by atoms with Crippen LogP contribution in [0.3, 0.4) is 0 Å². The van der Waals surface area contributed by atoms with Crippen LogP contribution in [0.2, 0.25) is 0 Å². The van der Waals surface area contributed by atoms with Crippen LogP contribution in [0.4, 0.5) is 0 Å². The number of nitrogens with one attached hydrogen (secondary N) is 1. The van der Waals surface area contributed by atoms with Crippen molar-refractivity contribution in [3.8, 4) is 0 Å².